The molecule has 15 heavy (non-hydrogen) atoms. The first-order valence-electron chi connectivity index (χ1n) is 6.05. The van der Waals surface area contributed by atoms with Crippen LogP contribution in [0.2, 0.25) is 0 Å². The maximum atomic E-state index is 5.61. The lowest BCUT2D eigenvalue weighted by molar-refractivity contribution is -0.0608. The van der Waals surface area contributed by atoms with E-state index in [1.165, 1.54) is 6.42 Å². The molecule has 1 fully saturated rings. The first-order valence-corrected chi connectivity index (χ1v) is 6.05. The lowest BCUT2D eigenvalue weighted by atomic mass is 9.86. The van der Waals surface area contributed by atoms with Gasteiger partial charge in [0.25, 0.3) is 0 Å². The van der Waals surface area contributed by atoms with Gasteiger partial charge in [-0.3, -0.25) is 4.90 Å². The third-order valence-corrected chi connectivity index (χ3v) is 2.94. The summed E-state index contributed by atoms with van der Waals surface area (Å²) in [5.74, 6) is 0. The predicted octanol–water partition coefficient (Wildman–Crippen LogP) is 2.92. The maximum Gasteiger partial charge on any atom is 0.0622 e. The van der Waals surface area contributed by atoms with Gasteiger partial charge >= 0.3 is 0 Å². The van der Waals surface area contributed by atoms with Crippen molar-refractivity contribution in [1.29, 1.82) is 0 Å². The molecule has 2 heteroatoms. The molecule has 0 saturated carbocycles. The third kappa shape index (κ3) is 4.12. The number of morpholine rings is 1. The Labute approximate surface area is 95.0 Å². The standard InChI is InChI=1S/C13H27NO/c1-12(2,3)9-11-10-15-8-7-14(11)13(4,5)6/h11H,7-10H2,1-6H3. The van der Waals surface area contributed by atoms with Gasteiger partial charge < -0.3 is 4.74 Å². The summed E-state index contributed by atoms with van der Waals surface area (Å²) in [6.07, 6.45) is 1.21. The minimum absolute atomic E-state index is 0.264. The van der Waals surface area contributed by atoms with Crippen molar-refractivity contribution in [3.8, 4) is 0 Å². The molecule has 0 N–H and O–H groups in total. The van der Waals surface area contributed by atoms with Crippen molar-refractivity contribution in [2.24, 2.45) is 5.41 Å². The Hall–Kier alpha value is -0.0800. The Morgan fingerprint density at radius 1 is 1.13 bits per heavy atom. The van der Waals surface area contributed by atoms with Gasteiger partial charge in [-0.25, -0.2) is 0 Å². The van der Waals surface area contributed by atoms with Crippen LogP contribution in [0.15, 0.2) is 0 Å². The highest BCUT2D eigenvalue weighted by molar-refractivity contribution is 4.87. The van der Waals surface area contributed by atoms with E-state index >= 15 is 0 Å². The molecule has 0 amide bonds. The first kappa shape index (κ1) is 13.0. The van der Waals surface area contributed by atoms with Crippen molar-refractivity contribution < 1.29 is 4.74 Å². The highest BCUT2D eigenvalue weighted by atomic mass is 16.5. The second-order valence-corrected chi connectivity index (χ2v) is 6.86. The molecule has 2 nitrogen and oxygen atoms in total. The van der Waals surface area contributed by atoms with Crippen molar-refractivity contribution in [3.05, 3.63) is 0 Å². The van der Waals surface area contributed by atoms with Crippen LogP contribution in [0.4, 0.5) is 0 Å². The van der Waals surface area contributed by atoms with Gasteiger partial charge in [0, 0.05) is 18.1 Å². The molecule has 90 valence electrons. The quantitative estimate of drug-likeness (QED) is 0.664. The number of rotatable bonds is 1. The fourth-order valence-electron chi connectivity index (χ4n) is 2.41. The fraction of sp³-hybridized carbons (Fsp3) is 1.00. The average molecular weight is 213 g/mol. The lowest BCUT2D eigenvalue weighted by Gasteiger charge is -2.46. The van der Waals surface area contributed by atoms with E-state index in [1.54, 1.807) is 0 Å². The average Bonchev–Trinajstić information content (AvgIpc) is 1.99. The van der Waals surface area contributed by atoms with Crippen molar-refractivity contribution in [1.82, 2.24) is 4.90 Å². The van der Waals surface area contributed by atoms with E-state index in [2.05, 4.69) is 46.4 Å². The van der Waals surface area contributed by atoms with Gasteiger partial charge in [0.05, 0.1) is 13.2 Å². The molecule has 0 aromatic rings. The van der Waals surface area contributed by atoms with Crippen molar-refractivity contribution >= 4 is 0 Å². The van der Waals surface area contributed by atoms with Crippen LogP contribution in [0.5, 0.6) is 0 Å². The molecule has 0 spiro atoms. The summed E-state index contributed by atoms with van der Waals surface area (Å²) in [5, 5.41) is 0. The molecule has 0 radical (unpaired) electrons. The predicted molar refractivity (Wildman–Crippen MR) is 65.1 cm³/mol. The zero-order chi connectivity index (χ0) is 11.7. The number of ether oxygens (including phenoxy) is 1. The molecule has 0 aromatic carbocycles. The monoisotopic (exact) mass is 213 g/mol. The van der Waals surface area contributed by atoms with Crippen LogP contribution >= 0.6 is 0 Å². The Kier molecular flexibility index (Phi) is 3.83. The normalized spacial score (nSPS) is 25.6. The zero-order valence-electron chi connectivity index (χ0n) is 11.3. The molecule has 1 unspecified atom stereocenters. The van der Waals surface area contributed by atoms with Crippen molar-refractivity contribution in [2.45, 2.75) is 59.5 Å². The largest absolute Gasteiger partial charge is 0.378 e. The van der Waals surface area contributed by atoms with Crippen LogP contribution in [0.1, 0.15) is 48.0 Å². The van der Waals surface area contributed by atoms with Crippen LogP contribution in [0, 0.1) is 5.41 Å². The van der Waals surface area contributed by atoms with E-state index in [0.29, 0.717) is 11.5 Å². The lowest BCUT2D eigenvalue weighted by Crippen LogP contribution is -2.55. The summed E-state index contributed by atoms with van der Waals surface area (Å²) in [6, 6.07) is 0.582. The molecule has 1 heterocycles. The van der Waals surface area contributed by atoms with Crippen LogP contribution < -0.4 is 0 Å². The Morgan fingerprint density at radius 3 is 2.20 bits per heavy atom. The van der Waals surface area contributed by atoms with Gasteiger partial charge in [-0.15, -0.1) is 0 Å². The molecule has 1 rings (SSSR count). The summed E-state index contributed by atoms with van der Waals surface area (Å²) in [6.45, 7) is 16.7. The second-order valence-electron chi connectivity index (χ2n) is 6.86. The molecular weight excluding hydrogens is 186 g/mol. The van der Waals surface area contributed by atoms with Crippen molar-refractivity contribution in [3.63, 3.8) is 0 Å². The van der Waals surface area contributed by atoms with E-state index in [9.17, 15) is 0 Å². The van der Waals surface area contributed by atoms with Crippen LogP contribution in [-0.2, 0) is 4.74 Å². The maximum absolute atomic E-state index is 5.61. The molecule has 0 aliphatic carbocycles. The fourth-order valence-corrected chi connectivity index (χ4v) is 2.41. The molecule has 0 aromatic heterocycles. The summed E-state index contributed by atoms with van der Waals surface area (Å²) < 4.78 is 5.61. The minimum atomic E-state index is 0.264. The molecular formula is C13H27NO. The van der Waals surface area contributed by atoms with E-state index in [4.69, 9.17) is 4.74 Å². The summed E-state index contributed by atoms with van der Waals surface area (Å²) >= 11 is 0. The molecule has 1 aliphatic rings. The summed E-state index contributed by atoms with van der Waals surface area (Å²) in [4.78, 5) is 2.60. The Bertz CT molecular complexity index is 200. The number of hydrogen-bond acceptors (Lipinski definition) is 2. The highest BCUT2D eigenvalue weighted by Crippen LogP contribution is 2.29. The Morgan fingerprint density at radius 2 is 1.73 bits per heavy atom. The molecule has 1 aliphatic heterocycles. The second kappa shape index (κ2) is 4.42. The van der Waals surface area contributed by atoms with E-state index in [0.717, 1.165) is 19.8 Å². The first-order chi connectivity index (χ1) is 6.70. The molecule has 0 bridgehead atoms. The number of hydrogen-bond donors (Lipinski definition) is 0. The minimum Gasteiger partial charge on any atom is -0.378 e. The van der Waals surface area contributed by atoms with Crippen LogP contribution in [-0.4, -0.2) is 36.2 Å². The smallest absolute Gasteiger partial charge is 0.0622 e. The molecule has 1 saturated heterocycles. The van der Waals surface area contributed by atoms with Gasteiger partial charge in [-0.05, 0) is 32.6 Å². The van der Waals surface area contributed by atoms with Gasteiger partial charge in [0.1, 0.15) is 0 Å². The molecule has 1 atom stereocenters. The summed E-state index contributed by atoms with van der Waals surface area (Å²) in [7, 11) is 0. The van der Waals surface area contributed by atoms with Gasteiger partial charge in [-0.2, -0.15) is 0 Å². The Balaban J connectivity index is 2.66. The summed E-state index contributed by atoms with van der Waals surface area (Å²) in [5.41, 5.74) is 0.647. The van der Waals surface area contributed by atoms with Crippen molar-refractivity contribution in [2.75, 3.05) is 19.8 Å². The van der Waals surface area contributed by atoms with Gasteiger partial charge in [0.15, 0.2) is 0 Å². The topological polar surface area (TPSA) is 12.5 Å². The van der Waals surface area contributed by atoms with Gasteiger partial charge in [-0.1, -0.05) is 20.8 Å². The third-order valence-electron chi connectivity index (χ3n) is 2.94. The van der Waals surface area contributed by atoms with Gasteiger partial charge in [0.2, 0.25) is 0 Å². The van der Waals surface area contributed by atoms with E-state index in [-0.39, 0.29) is 5.54 Å². The SMILES string of the molecule is CC(C)(C)CC1COCCN1C(C)(C)C. The van der Waals surface area contributed by atoms with E-state index < -0.39 is 0 Å². The highest BCUT2D eigenvalue weighted by Gasteiger charge is 2.33. The number of nitrogens with zero attached hydrogens (tertiary/aromatic N) is 1. The zero-order valence-corrected chi connectivity index (χ0v) is 11.3. The van der Waals surface area contributed by atoms with E-state index in [1.807, 2.05) is 0 Å². The van der Waals surface area contributed by atoms with Crippen LogP contribution in [0.3, 0.4) is 0 Å². The van der Waals surface area contributed by atoms with Crippen LogP contribution in [0.25, 0.3) is 0 Å².